The molecule has 4 aromatic carbocycles. The van der Waals surface area contributed by atoms with Crippen LogP contribution in [0.3, 0.4) is 0 Å². The fraction of sp³-hybridized carbons (Fsp3) is 0.257. The van der Waals surface area contributed by atoms with E-state index in [4.69, 9.17) is 9.47 Å². The van der Waals surface area contributed by atoms with Crippen LogP contribution in [0.1, 0.15) is 48.0 Å². The minimum atomic E-state index is -1.11. The van der Waals surface area contributed by atoms with Gasteiger partial charge in [-0.05, 0) is 66.3 Å². The Bertz CT molecular complexity index is 1500. The van der Waals surface area contributed by atoms with Gasteiger partial charge in [0.1, 0.15) is 23.3 Å². The Morgan fingerprint density at radius 3 is 2.31 bits per heavy atom. The van der Waals surface area contributed by atoms with E-state index >= 15 is 0 Å². The van der Waals surface area contributed by atoms with Crippen LogP contribution in [-0.2, 0) is 11.2 Å². The standard InChI is InChI=1S/C35H34BrNO5/c36-27-19-20-32(41-23-25-9-3-1-4-10-25)30(22-27)34(38)37-31(35(39)40)21-24-15-17-26(18-16-24)29-13-7-8-14-33(29)42-28-11-5-2-6-12-28/h2,5-8,11-20,22,25,31H,1,3-4,9-10,21,23H2,(H,37,38)(H,39,40)/t31-/m0/s1. The maximum absolute atomic E-state index is 13.3. The molecule has 6 nitrogen and oxygen atoms in total. The van der Waals surface area contributed by atoms with E-state index in [1.165, 1.54) is 19.3 Å². The van der Waals surface area contributed by atoms with Crippen LogP contribution in [0.15, 0.2) is 102 Å². The zero-order chi connectivity index (χ0) is 29.3. The average Bonchev–Trinajstić information content (AvgIpc) is 3.02. The molecule has 0 aromatic heterocycles. The Balaban J connectivity index is 1.27. The summed E-state index contributed by atoms with van der Waals surface area (Å²) < 4.78 is 12.9. The van der Waals surface area contributed by atoms with E-state index < -0.39 is 17.9 Å². The van der Waals surface area contributed by atoms with Gasteiger partial charge in [-0.25, -0.2) is 4.79 Å². The fourth-order valence-electron chi connectivity index (χ4n) is 5.27. The van der Waals surface area contributed by atoms with E-state index in [1.807, 2.05) is 84.9 Å². The molecule has 0 saturated heterocycles. The van der Waals surface area contributed by atoms with E-state index in [9.17, 15) is 14.7 Å². The largest absolute Gasteiger partial charge is 0.492 e. The predicted octanol–water partition coefficient (Wildman–Crippen LogP) is 8.29. The van der Waals surface area contributed by atoms with Crippen molar-refractivity contribution in [1.82, 2.24) is 5.32 Å². The summed E-state index contributed by atoms with van der Waals surface area (Å²) in [5, 5.41) is 12.7. The second-order valence-electron chi connectivity index (χ2n) is 10.6. The Morgan fingerprint density at radius 1 is 0.857 bits per heavy atom. The molecule has 1 amide bonds. The summed E-state index contributed by atoms with van der Waals surface area (Å²) in [6.45, 7) is 0.552. The number of nitrogens with one attached hydrogen (secondary N) is 1. The molecule has 1 saturated carbocycles. The lowest BCUT2D eigenvalue weighted by Gasteiger charge is -2.22. The van der Waals surface area contributed by atoms with E-state index in [-0.39, 0.29) is 6.42 Å². The first-order valence-corrected chi connectivity index (χ1v) is 15.1. The smallest absolute Gasteiger partial charge is 0.326 e. The van der Waals surface area contributed by atoms with Crippen molar-refractivity contribution in [2.45, 2.75) is 44.6 Å². The minimum absolute atomic E-state index is 0.135. The van der Waals surface area contributed by atoms with E-state index in [0.717, 1.165) is 45.5 Å². The van der Waals surface area contributed by atoms with Gasteiger partial charge in [0.2, 0.25) is 0 Å². The van der Waals surface area contributed by atoms with Crippen molar-refractivity contribution in [3.8, 4) is 28.4 Å². The normalized spacial score (nSPS) is 14.1. The van der Waals surface area contributed by atoms with E-state index in [0.29, 0.717) is 23.8 Å². The second kappa shape index (κ2) is 14.2. The molecule has 1 aliphatic carbocycles. The lowest BCUT2D eigenvalue weighted by Crippen LogP contribution is -2.42. The number of rotatable bonds is 11. The highest BCUT2D eigenvalue weighted by molar-refractivity contribution is 9.10. The minimum Gasteiger partial charge on any atom is -0.492 e. The topological polar surface area (TPSA) is 84.9 Å². The molecule has 0 aliphatic heterocycles. The van der Waals surface area contributed by atoms with Gasteiger partial charge in [-0.1, -0.05) is 95.9 Å². The van der Waals surface area contributed by atoms with Gasteiger partial charge < -0.3 is 19.9 Å². The number of hydrogen-bond acceptors (Lipinski definition) is 4. The average molecular weight is 629 g/mol. The van der Waals surface area contributed by atoms with Crippen molar-refractivity contribution in [1.29, 1.82) is 0 Å². The Morgan fingerprint density at radius 2 is 1.57 bits per heavy atom. The van der Waals surface area contributed by atoms with Gasteiger partial charge in [-0.2, -0.15) is 0 Å². The SMILES string of the molecule is O=C(N[C@@H](Cc1ccc(-c2ccccc2Oc2ccccc2)cc1)C(=O)O)c1cc(Br)ccc1OCC1CCCCC1. The number of carboxylic acid groups (broad SMARTS) is 1. The number of carbonyl (C=O) groups is 2. The number of hydrogen-bond donors (Lipinski definition) is 2. The highest BCUT2D eigenvalue weighted by atomic mass is 79.9. The van der Waals surface area contributed by atoms with Crippen molar-refractivity contribution in [3.63, 3.8) is 0 Å². The Hall–Kier alpha value is -4.10. The molecule has 0 heterocycles. The van der Waals surface area contributed by atoms with Crippen LogP contribution in [0.25, 0.3) is 11.1 Å². The van der Waals surface area contributed by atoms with Crippen LogP contribution in [0.4, 0.5) is 0 Å². The van der Waals surface area contributed by atoms with Crippen molar-refractivity contribution in [2.24, 2.45) is 5.92 Å². The maximum atomic E-state index is 13.3. The van der Waals surface area contributed by atoms with E-state index in [1.54, 1.807) is 12.1 Å². The molecule has 0 bridgehead atoms. The third-order valence-electron chi connectivity index (χ3n) is 7.55. The van der Waals surface area contributed by atoms with Gasteiger partial charge in [0.15, 0.2) is 0 Å². The van der Waals surface area contributed by atoms with Crippen LogP contribution >= 0.6 is 15.9 Å². The molecule has 5 rings (SSSR count). The lowest BCUT2D eigenvalue weighted by molar-refractivity contribution is -0.139. The van der Waals surface area contributed by atoms with Crippen LogP contribution in [0.5, 0.6) is 17.2 Å². The number of carbonyl (C=O) groups excluding carboxylic acids is 1. The van der Waals surface area contributed by atoms with Gasteiger partial charge in [-0.15, -0.1) is 0 Å². The van der Waals surface area contributed by atoms with Gasteiger partial charge >= 0.3 is 5.97 Å². The summed E-state index contributed by atoms with van der Waals surface area (Å²) in [6, 6.07) is 29.2. The van der Waals surface area contributed by atoms with Gasteiger partial charge in [0.25, 0.3) is 5.91 Å². The van der Waals surface area contributed by atoms with Gasteiger partial charge in [0.05, 0.1) is 12.2 Å². The summed E-state index contributed by atoms with van der Waals surface area (Å²) in [5.41, 5.74) is 2.97. The first kappa shape index (κ1) is 29.4. The first-order chi connectivity index (χ1) is 20.5. The zero-order valence-electron chi connectivity index (χ0n) is 23.3. The summed E-state index contributed by atoms with van der Waals surface area (Å²) in [7, 11) is 0. The van der Waals surface area contributed by atoms with Crippen molar-refractivity contribution in [2.75, 3.05) is 6.61 Å². The fourth-order valence-corrected chi connectivity index (χ4v) is 5.63. The number of para-hydroxylation sites is 2. The molecule has 1 fully saturated rings. The highest BCUT2D eigenvalue weighted by Gasteiger charge is 2.24. The Labute approximate surface area is 254 Å². The number of amides is 1. The molecule has 4 aromatic rings. The van der Waals surface area contributed by atoms with Crippen molar-refractivity contribution in [3.05, 3.63) is 113 Å². The second-order valence-corrected chi connectivity index (χ2v) is 11.5. The highest BCUT2D eigenvalue weighted by Crippen LogP contribution is 2.33. The number of halogens is 1. The van der Waals surface area contributed by atoms with Gasteiger partial charge in [0, 0.05) is 16.5 Å². The maximum Gasteiger partial charge on any atom is 0.326 e. The molecule has 2 N–H and O–H groups in total. The monoisotopic (exact) mass is 627 g/mol. The summed E-state index contributed by atoms with van der Waals surface area (Å²) in [4.78, 5) is 25.5. The molecule has 42 heavy (non-hydrogen) atoms. The van der Waals surface area contributed by atoms with Crippen molar-refractivity contribution >= 4 is 27.8 Å². The summed E-state index contributed by atoms with van der Waals surface area (Å²) >= 11 is 3.43. The van der Waals surface area contributed by atoms with Crippen LogP contribution in [0.2, 0.25) is 0 Å². The first-order valence-electron chi connectivity index (χ1n) is 14.3. The number of benzene rings is 4. The number of ether oxygens (including phenoxy) is 2. The molecule has 1 atom stereocenters. The number of carboxylic acids is 1. The Kier molecular flexibility index (Phi) is 9.93. The quantitative estimate of drug-likeness (QED) is 0.175. The molecule has 0 radical (unpaired) electrons. The summed E-state index contributed by atoms with van der Waals surface area (Å²) in [6.07, 6.45) is 6.06. The van der Waals surface area contributed by atoms with Gasteiger partial charge in [-0.3, -0.25) is 4.79 Å². The summed E-state index contributed by atoms with van der Waals surface area (Å²) in [5.74, 6) is 0.827. The molecule has 7 heteroatoms. The van der Waals surface area contributed by atoms with E-state index in [2.05, 4.69) is 21.2 Å². The third-order valence-corrected chi connectivity index (χ3v) is 8.05. The molecule has 216 valence electrons. The van der Waals surface area contributed by atoms with Crippen LogP contribution in [0, 0.1) is 5.92 Å². The molecular formula is C35H34BrNO5. The van der Waals surface area contributed by atoms with Crippen molar-refractivity contribution < 1.29 is 24.2 Å². The predicted molar refractivity (Wildman–Crippen MR) is 167 cm³/mol. The van der Waals surface area contributed by atoms with Crippen LogP contribution < -0.4 is 14.8 Å². The lowest BCUT2D eigenvalue weighted by atomic mass is 9.90. The zero-order valence-corrected chi connectivity index (χ0v) is 24.9. The molecule has 0 unspecified atom stereocenters. The number of aliphatic carboxylic acids is 1. The molecule has 0 spiro atoms. The third kappa shape index (κ3) is 7.79. The molecule has 1 aliphatic rings. The molecular weight excluding hydrogens is 594 g/mol. The van der Waals surface area contributed by atoms with Crippen LogP contribution in [-0.4, -0.2) is 29.6 Å².